The minimum atomic E-state index is -0.582. The van der Waals surface area contributed by atoms with Crippen LogP contribution in [0.4, 0.5) is 8.78 Å². The van der Waals surface area contributed by atoms with Gasteiger partial charge in [0.2, 0.25) is 0 Å². The molecule has 0 atom stereocenters. The topological polar surface area (TPSA) is 9.23 Å². The second kappa shape index (κ2) is 4.40. The first kappa shape index (κ1) is 11.0. The van der Waals surface area contributed by atoms with Crippen molar-refractivity contribution in [2.45, 2.75) is 33.3 Å². The molecule has 0 heterocycles. The van der Waals surface area contributed by atoms with Gasteiger partial charge in [0.25, 0.3) is 0 Å². The minimum absolute atomic E-state index is 0.0862. The van der Waals surface area contributed by atoms with Crippen molar-refractivity contribution in [3.63, 3.8) is 0 Å². The van der Waals surface area contributed by atoms with Gasteiger partial charge < -0.3 is 4.74 Å². The highest BCUT2D eigenvalue weighted by Crippen LogP contribution is 2.24. The van der Waals surface area contributed by atoms with Gasteiger partial charge in [0.15, 0.2) is 11.6 Å². The van der Waals surface area contributed by atoms with E-state index < -0.39 is 11.6 Å². The number of ether oxygens (including phenoxy) is 1. The average Bonchev–Trinajstić information content (AvgIpc) is 2.10. The summed E-state index contributed by atoms with van der Waals surface area (Å²) in [7, 11) is 0. The summed E-state index contributed by atoms with van der Waals surface area (Å²) < 4.78 is 31.8. The van der Waals surface area contributed by atoms with Gasteiger partial charge in [0.1, 0.15) is 5.82 Å². The van der Waals surface area contributed by atoms with Gasteiger partial charge in [-0.2, -0.15) is 0 Å². The Morgan fingerprint density at radius 3 is 2.43 bits per heavy atom. The number of hydrogen-bond acceptors (Lipinski definition) is 1. The van der Waals surface area contributed by atoms with Crippen LogP contribution in [0.3, 0.4) is 0 Å². The van der Waals surface area contributed by atoms with Crippen molar-refractivity contribution in [2.75, 3.05) is 0 Å². The fraction of sp³-hybridized carbons (Fsp3) is 0.455. The first-order valence-electron chi connectivity index (χ1n) is 4.69. The van der Waals surface area contributed by atoms with E-state index in [-0.39, 0.29) is 17.4 Å². The second-order valence-electron chi connectivity index (χ2n) is 3.36. The van der Waals surface area contributed by atoms with Crippen molar-refractivity contribution in [1.29, 1.82) is 0 Å². The lowest BCUT2D eigenvalue weighted by atomic mass is 10.1. The zero-order chi connectivity index (χ0) is 10.7. The molecule has 14 heavy (non-hydrogen) atoms. The molecule has 0 unspecified atom stereocenters. The van der Waals surface area contributed by atoms with Gasteiger partial charge in [0, 0.05) is 5.56 Å². The van der Waals surface area contributed by atoms with E-state index in [2.05, 4.69) is 0 Å². The molecule has 0 fully saturated rings. The smallest absolute Gasteiger partial charge is 0.171 e. The zero-order valence-corrected chi connectivity index (χ0v) is 8.60. The van der Waals surface area contributed by atoms with Crippen LogP contribution >= 0.6 is 0 Å². The van der Waals surface area contributed by atoms with Gasteiger partial charge in [-0.05, 0) is 32.4 Å². The molecule has 1 aromatic rings. The Labute approximate surface area is 82.7 Å². The molecule has 1 rings (SSSR count). The molecule has 78 valence electrons. The van der Waals surface area contributed by atoms with Crippen LogP contribution in [0.5, 0.6) is 5.75 Å². The molecule has 0 saturated heterocycles. The Morgan fingerprint density at radius 1 is 1.29 bits per heavy atom. The third-order valence-corrected chi connectivity index (χ3v) is 1.87. The molecule has 0 amide bonds. The maximum absolute atomic E-state index is 13.5. The van der Waals surface area contributed by atoms with Crippen LogP contribution in [-0.4, -0.2) is 6.10 Å². The van der Waals surface area contributed by atoms with E-state index >= 15 is 0 Å². The van der Waals surface area contributed by atoms with Crippen molar-refractivity contribution in [3.05, 3.63) is 29.3 Å². The number of hydrogen-bond donors (Lipinski definition) is 0. The van der Waals surface area contributed by atoms with E-state index in [0.29, 0.717) is 6.42 Å². The fourth-order valence-corrected chi connectivity index (χ4v) is 1.25. The van der Waals surface area contributed by atoms with Crippen molar-refractivity contribution in [2.24, 2.45) is 0 Å². The lowest BCUT2D eigenvalue weighted by Gasteiger charge is -2.12. The van der Waals surface area contributed by atoms with Crippen LogP contribution < -0.4 is 4.74 Å². The molecule has 0 bridgehead atoms. The van der Waals surface area contributed by atoms with E-state index in [1.165, 1.54) is 12.1 Å². The van der Waals surface area contributed by atoms with Crippen LogP contribution in [0.2, 0.25) is 0 Å². The second-order valence-corrected chi connectivity index (χ2v) is 3.36. The predicted molar refractivity (Wildman–Crippen MR) is 51.5 cm³/mol. The fourth-order valence-electron chi connectivity index (χ4n) is 1.25. The van der Waals surface area contributed by atoms with Crippen LogP contribution in [0.1, 0.15) is 26.3 Å². The Bertz CT molecular complexity index is 321. The first-order chi connectivity index (χ1) is 6.56. The Balaban J connectivity index is 3.08. The van der Waals surface area contributed by atoms with Crippen molar-refractivity contribution < 1.29 is 13.5 Å². The summed E-state index contributed by atoms with van der Waals surface area (Å²) >= 11 is 0. The Kier molecular flexibility index (Phi) is 3.44. The van der Waals surface area contributed by atoms with Gasteiger partial charge in [-0.25, -0.2) is 8.78 Å². The summed E-state index contributed by atoms with van der Waals surface area (Å²) in [4.78, 5) is 0. The van der Waals surface area contributed by atoms with Gasteiger partial charge >= 0.3 is 0 Å². The quantitative estimate of drug-likeness (QED) is 0.727. The predicted octanol–water partition coefficient (Wildman–Crippen LogP) is 3.31. The summed E-state index contributed by atoms with van der Waals surface area (Å²) in [6, 6.07) is 2.56. The molecule has 0 aliphatic heterocycles. The average molecular weight is 200 g/mol. The van der Waals surface area contributed by atoms with Crippen LogP contribution in [0, 0.1) is 11.6 Å². The summed E-state index contributed by atoms with van der Waals surface area (Å²) in [5, 5.41) is 0. The standard InChI is InChI=1S/C11H14F2O/c1-4-8-9(12)5-6-10(11(8)13)14-7(2)3/h5-7H,4H2,1-3H3. The maximum atomic E-state index is 13.5. The molecule has 0 N–H and O–H groups in total. The lowest BCUT2D eigenvalue weighted by molar-refractivity contribution is 0.230. The highest BCUT2D eigenvalue weighted by molar-refractivity contribution is 5.32. The summed E-state index contributed by atoms with van der Waals surface area (Å²) in [6.45, 7) is 5.31. The van der Waals surface area contributed by atoms with Gasteiger partial charge in [0.05, 0.1) is 6.10 Å². The van der Waals surface area contributed by atoms with Crippen LogP contribution in [0.15, 0.2) is 12.1 Å². The van der Waals surface area contributed by atoms with E-state index in [9.17, 15) is 8.78 Å². The third-order valence-electron chi connectivity index (χ3n) is 1.87. The molecule has 1 aromatic carbocycles. The molecular weight excluding hydrogens is 186 g/mol. The zero-order valence-electron chi connectivity index (χ0n) is 8.60. The molecule has 0 saturated carbocycles. The molecule has 0 aromatic heterocycles. The normalized spacial score (nSPS) is 10.7. The molecule has 0 spiro atoms. The Morgan fingerprint density at radius 2 is 1.93 bits per heavy atom. The van der Waals surface area contributed by atoms with E-state index in [4.69, 9.17) is 4.74 Å². The third kappa shape index (κ3) is 2.22. The summed E-state index contributed by atoms with van der Waals surface area (Å²) in [5.41, 5.74) is 0.0862. The first-order valence-corrected chi connectivity index (χ1v) is 4.69. The molecule has 3 heteroatoms. The molecule has 0 aliphatic carbocycles. The minimum Gasteiger partial charge on any atom is -0.488 e. The van der Waals surface area contributed by atoms with E-state index in [0.717, 1.165) is 0 Å². The number of benzene rings is 1. The van der Waals surface area contributed by atoms with Crippen LogP contribution in [-0.2, 0) is 6.42 Å². The molecular formula is C11H14F2O. The van der Waals surface area contributed by atoms with Crippen molar-refractivity contribution in [3.8, 4) is 5.75 Å². The van der Waals surface area contributed by atoms with Crippen molar-refractivity contribution >= 4 is 0 Å². The largest absolute Gasteiger partial charge is 0.488 e. The number of halogens is 2. The SMILES string of the molecule is CCc1c(F)ccc(OC(C)C)c1F. The highest BCUT2D eigenvalue weighted by atomic mass is 19.1. The lowest BCUT2D eigenvalue weighted by Crippen LogP contribution is -2.08. The summed E-state index contributed by atoms with van der Waals surface area (Å²) in [5.74, 6) is -0.972. The van der Waals surface area contributed by atoms with Gasteiger partial charge in [-0.15, -0.1) is 0 Å². The maximum Gasteiger partial charge on any atom is 0.171 e. The molecule has 0 aliphatic rings. The summed E-state index contributed by atoms with van der Waals surface area (Å²) in [6.07, 6.45) is 0.215. The molecule has 0 radical (unpaired) electrons. The van der Waals surface area contributed by atoms with Gasteiger partial charge in [-0.3, -0.25) is 0 Å². The number of rotatable bonds is 3. The van der Waals surface area contributed by atoms with E-state index in [1.807, 2.05) is 0 Å². The monoisotopic (exact) mass is 200 g/mol. The van der Waals surface area contributed by atoms with Crippen molar-refractivity contribution in [1.82, 2.24) is 0 Å². The molecule has 1 nitrogen and oxygen atoms in total. The van der Waals surface area contributed by atoms with E-state index in [1.54, 1.807) is 20.8 Å². The Hall–Kier alpha value is -1.12. The van der Waals surface area contributed by atoms with Crippen LogP contribution in [0.25, 0.3) is 0 Å². The highest BCUT2D eigenvalue weighted by Gasteiger charge is 2.13. The van der Waals surface area contributed by atoms with Gasteiger partial charge in [-0.1, -0.05) is 6.92 Å².